The second-order valence-corrected chi connectivity index (χ2v) is 5.81. The average molecular weight is 384 g/mol. The van der Waals surface area contributed by atoms with Gasteiger partial charge in [0.25, 0.3) is 0 Å². The number of benzene rings is 2. The molecular formula is C19H20F4N2O2. The lowest BCUT2D eigenvalue weighted by atomic mass is 10.1. The minimum atomic E-state index is -4.79. The number of anilines is 1. The first-order chi connectivity index (χ1) is 12.8. The summed E-state index contributed by atoms with van der Waals surface area (Å²) in [6.07, 6.45) is -2.83. The zero-order valence-corrected chi connectivity index (χ0v) is 14.7. The monoisotopic (exact) mass is 384 g/mol. The Morgan fingerprint density at radius 1 is 1.11 bits per heavy atom. The fourth-order valence-corrected chi connectivity index (χ4v) is 2.25. The van der Waals surface area contributed by atoms with Gasteiger partial charge in [-0.2, -0.15) is 13.2 Å². The van der Waals surface area contributed by atoms with E-state index >= 15 is 0 Å². The Kier molecular flexibility index (Phi) is 7.04. The van der Waals surface area contributed by atoms with E-state index in [2.05, 4.69) is 17.6 Å². The molecule has 2 N–H and O–H groups in total. The van der Waals surface area contributed by atoms with Crippen molar-refractivity contribution >= 4 is 11.7 Å². The number of carbonyl (C=O) groups is 1. The number of hydrogen-bond donors (Lipinski definition) is 2. The molecule has 0 heterocycles. The number of rotatable bonds is 7. The third-order valence-corrected chi connectivity index (χ3v) is 3.70. The second kappa shape index (κ2) is 9.25. The van der Waals surface area contributed by atoms with E-state index in [-0.39, 0.29) is 12.1 Å². The SMILES string of the molecule is CCCCOc1ccc(NC(=O)NCc2cccc(C(F)(F)F)c2F)cc1. The molecule has 0 aromatic heterocycles. The number of hydrogen-bond acceptors (Lipinski definition) is 2. The third kappa shape index (κ3) is 6.16. The summed E-state index contributed by atoms with van der Waals surface area (Å²) in [6.45, 7) is 2.28. The fraction of sp³-hybridized carbons (Fsp3) is 0.316. The molecule has 27 heavy (non-hydrogen) atoms. The summed E-state index contributed by atoms with van der Waals surface area (Å²) in [4.78, 5) is 11.9. The van der Waals surface area contributed by atoms with Gasteiger partial charge in [-0.3, -0.25) is 0 Å². The molecule has 146 valence electrons. The van der Waals surface area contributed by atoms with Gasteiger partial charge in [0.05, 0.1) is 12.2 Å². The van der Waals surface area contributed by atoms with Gasteiger partial charge in [0.1, 0.15) is 11.6 Å². The number of carbonyl (C=O) groups excluding carboxylic acids is 1. The molecule has 0 aliphatic heterocycles. The maximum Gasteiger partial charge on any atom is 0.419 e. The summed E-state index contributed by atoms with van der Waals surface area (Å²) in [5.74, 6) is -0.723. The van der Waals surface area contributed by atoms with Crippen molar-refractivity contribution in [3.8, 4) is 5.75 Å². The van der Waals surface area contributed by atoms with Crippen LogP contribution < -0.4 is 15.4 Å². The van der Waals surface area contributed by atoms with Crippen molar-refractivity contribution in [3.05, 3.63) is 59.4 Å². The summed E-state index contributed by atoms with van der Waals surface area (Å²) in [7, 11) is 0. The smallest absolute Gasteiger partial charge is 0.419 e. The van der Waals surface area contributed by atoms with Crippen molar-refractivity contribution in [2.45, 2.75) is 32.5 Å². The molecule has 0 unspecified atom stereocenters. The van der Waals surface area contributed by atoms with E-state index < -0.39 is 23.6 Å². The molecule has 2 rings (SSSR count). The lowest BCUT2D eigenvalue weighted by Crippen LogP contribution is -2.28. The largest absolute Gasteiger partial charge is 0.494 e. The summed E-state index contributed by atoms with van der Waals surface area (Å²) in [5, 5.41) is 4.86. The molecule has 2 amide bonds. The van der Waals surface area contributed by atoms with E-state index in [1.165, 1.54) is 6.07 Å². The molecule has 0 saturated carbocycles. The standard InChI is InChI=1S/C19H20F4N2O2/c1-2-3-11-27-15-9-7-14(8-10-15)25-18(26)24-12-13-5-4-6-16(17(13)20)19(21,22)23/h4-10H,2-3,11-12H2,1H3,(H2,24,25,26). The molecule has 0 fully saturated rings. The number of nitrogens with one attached hydrogen (secondary N) is 2. The molecule has 0 aliphatic carbocycles. The average Bonchev–Trinajstić information content (AvgIpc) is 2.61. The normalized spacial score (nSPS) is 11.1. The first-order valence-electron chi connectivity index (χ1n) is 8.43. The Labute approximate surface area is 154 Å². The zero-order valence-electron chi connectivity index (χ0n) is 14.7. The van der Waals surface area contributed by atoms with Gasteiger partial charge < -0.3 is 15.4 Å². The maximum atomic E-state index is 13.9. The number of urea groups is 1. The van der Waals surface area contributed by atoms with Crippen LogP contribution in [0.5, 0.6) is 5.75 Å². The van der Waals surface area contributed by atoms with E-state index in [0.717, 1.165) is 18.9 Å². The van der Waals surface area contributed by atoms with E-state index in [9.17, 15) is 22.4 Å². The maximum absolute atomic E-state index is 13.9. The van der Waals surface area contributed by atoms with Crippen LogP contribution in [0.3, 0.4) is 0 Å². The van der Waals surface area contributed by atoms with Crippen LogP contribution in [0, 0.1) is 5.82 Å². The molecule has 0 saturated heterocycles. The number of halogens is 4. The van der Waals surface area contributed by atoms with Crippen LogP contribution in [0.15, 0.2) is 42.5 Å². The van der Waals surface area contributed by atoms with Crippen LogP contribution in [0.25, 0.3) is 0 Å². The highest BCUT2D eigenvalue weighted by Gasteiger charge is 2.34. The van der Waals surface area contributed by atoms with Crippen molar-refractivity contribution in [2.24, 2.45) is 0 Å². The van der Waals surface area contributed by atoms with Crippen molar-refractivity contribution in [1.29, 1.82) is 0 Å². The van der Waals surface area contributed by atoms with Gasteiger partial charge in [-0.15, -0.1) is 0 Å². The predicted octanol–water partition coefficient (Wildman–Crippen LogP) is 5.35. The van der Waals surface area contributed by atoms with Gasteiger partial charge in [0.15, 0.2) is 0 Å². The molecule has 0 atom stereocenters. The van der Waals surface area contributed by atoms with Gasteiger partial charge in [0.2, 0.25) is 0 Å². The van der Waals surface area contributed by atoms with Crippen molar-refractivity contribution in [2.75, 3.05) is 11.9 Å². The Hall–Kier alpha value is -2.77. The lowest BCUT2D eigenvalue weighted by molar-refractivity contribution is -0.140. The third-order valence-electron chi connectivity index (χ3n) is 3.70. The van der Waals surface area contributed by atoms with E-state index in [1.54, 1.807) is 24.3 Å². The van der Waals surface area contributed by atoms with Crippen LogP contribution in [0.2, 0.25) is 0 Å². The van der Waals surface area contributed by atoms with Crippen LogP contribution in [-0.2, 0) is 12.7 Å². The molecule has 4 nitrogen and oxygen atoms in total. The minimum absolute atomic E-state index is 0.250. The minimum Gasteiger partial charge on any atom is -0.494 e. The highest BCUT2D eigenvalue weighted by Crippen LogP contribution is 2.32. The van der Waals surface area contributed by atoms with E-state index in [4.69, 9.17) is 4.74 Å². The van der Waals surface area contributed by atoms with Crippen LogP contribution in [0.4, 0.5) is 28.0 Å². The zero-order chi connectivity index (χ0) is 19.9. The highest BCUT2D eigenvalue weighted by atomic mass is 19.4. The predicted molar refractivity (Wildman–Crippen MR) is 94.1 cm³/mol. The molecule has 0 radical (unpaired) electrons. The van der Waals surface area contributed by atoms with E-state index in [1.807, 2.05) is 0 Å². The number of unbranched alkanes of at least 4 members (excludes halogenated alkanes) is 1. The first-order valence-corrected chi connectivity index (χ1v) is 8.43. The molecule has 0 bridgehead atoms. The summed E-state index contributed by atoms with van der Waals surface area (Å²) < 4.78 is 57.5. The molecule has 2 aromatic rings. The first kappa shape index (κ1) is 20.5. The molecule has 2 aromatic carbocycles. The quantitative estimate of drug-likeness (QED) is 0.500. The molecule has 0 spiro atoms. The fourth-order valence-electron chi connectivity index (χ4n) is 2.25. The number of alkyl halides is 3. The van der Waals surface area contributed by atoms with Crippen LogP contribution in [-0.4, -0.2) is 12.6 Å². The van der Waals surface area contributed by atoms with Crippen molar-refractivity contribution < 1.29 is 27.1 Å². The van der Waals surface area contributed by atoms with Gasteiger partial charge in [0, 0.05) is 17.8 Å². The molecular weight excluding hydrogens is 364 g/mol. The number of ether oxygens (including phenoxy) is 1. The second-order valence-electron chi connectivity index (χ2n) is 5.81. The summed E-state index contributed by atoms with van der Waals surface area (Å²) >= 11 is 0. The lowest BCUT2D eigenvalue weighted by Gasteiger charge is -2.12. The van der Waals surface area contributed by atoms with Gasteiger partial charge >= 0.3 is 12.2 Å². The Morgan fingerprint density at radius 3 is 2.44 bits per heavy atom. The Bertz CT molecular complexity index is 761. The van der Waals surface area contributed by atoms with Gasteiger partial charge in [-0.05, 0) is 36.8 Å². The van der Waals surface area contributed by atoms with Crippen molar-refractivity contribution in [3.63, 3.8) is 0 Å². The topological polar surface area (TPSA) is 50.4 Å². The van der Waals surface area contributed by atoms with Gasteiger partial charge in [-0.1, -0.05) is 25.5 Å². The van der Waals surface area contributed by atoms with Crippen LogP contribution in [0.1, 0.15) is 30.9 Å². The Balaban J connectivity index is 1.90. The van der Waals surface area contributed by atoms with Gasteiger partial charge in [-0.25, -0.2) is 9.18 Å². The molecule has 8 heteroatoms. The van der Waals surface area contributed by atoms with Crippen LogP contribution >= 0.6 is 0 Å². The Morgan fingerprint density at radius 2 is 1.81 bits per heavy atom. The number of amides is 2. The summed E-state index contributed by atoms with van der Waals surface area (Å²) in [5.41, 5.74) is -1.14. The van der Waals surface area contributed by atoms with Crippen molar-refractivity contribution in [1.82, 2.24) is 5.32 Å². The molecule has 0 aliphatic rings. The van der Waals surface area contributed by atoms with E-state index in [0.29, 0.717) is 24.1 Å². The highest BCUT2D eigenvalue weighted by molar-refractivity contribution is 5.89. The summed E-state index contributed by atoms with van der Waals surface area (Å²) in [6, 6.07) is 8.92.